The van der Waals surface area contributed by atoms with Crippen LogP contribution in [0, 0.1) is 14.9 Å². The molecule has 27 heavy (non-hydrogen) atoms. The Morgan fingerprint density at radius 2 is 1.70 bits per heavy atom. The Bertz CT molecular complexity index is 1020. The van der Waals surface area contributed by atoms with Crippen LogP contribution in [-0.4, -0.2) is 5.91 Å². The summed E-state index contributed by atoms with van der Waals surface area (Å²) in [6, 6.07) is 26.0. The molecule has 0 saturated carbocycles. The fourth-order valence-corrected chi connectivity index (χ4v) is 2.92. The highest BCUT2D eigenvalue weighted by atomic mass is 127. The van der Waals surface area contributed by atoms with E-state index in [0.29, 0.717) is 17.0 Å². The Hall–Kier alpha value is -3.11. The summed E-state index contributed by atoms with van der Waals surface area (Å²) in [5.41, 5.74) is 1.37. The molecule has 3 rings (SSSR count). The molecular weight excluding hydrogens is 451 g/mol. The molecule has 0 radical (unpaired) electrons. The van der Waals surface area contributed by atoms with Gasteiger partial charge in [-0.15, -0.1) is 0 Å². The number of hydrogen-bond donors (Lipinski definition) is 1. The molecule has 4 nitrogen and oxygen atoms in total. The first-order valence-electron chi connectivity index (χ1n) is 8.16. The number of rotatable bonds is 5. The molecule has 0 unspecified atom stereocenters. The zero-order valence-corrected chi connectivity index (χ0v) is 16.4. The van der Waals surface area contributed by atoms with Crippen LogP contribution < -0.4 is 10.1 Å². The number of amides is 1. The molecule has 1 N–H and O–H groups in total. The minimum Gasteiger partial charge on any atom is -0.457 e. The highest BCUT2D eigenvalue weighted by Crippen LogP contribution is 2.23. The summed E-state index contributed by atoms with van der Waals surface area (Å²) in [5.74, 6) is 0.898. The van der Waals surface area contributed by atoms with E-state index in [9.17, 15) is 10.1 Å². The average Bonchev–Trinajstić information content (AvgIpc) is 2.67. The minimum atomic E-state index is -0.450. The first kappa shape index (κ1) is 18.7. The van der Waals surface area contributed by atoms with Gasteiger partial charge in [0.15, 0.2) is 0 Å². The van der Waals surface area contributed by atoms with Crippen LogP contribution in [0.1, 0.15) is 5.56 Å². The largest absolute Gasteiger partial charge is 0.457 e. The molecule has 3 aromatic rings. The monoisotopic (exact) mass is 466 g/mol. The molecule has 5 heteroatoms. The standard InChI is InChI=1S/C22H15IN2O2/c23-18-7-5-8-19(14-18)25-22(26)17(15-24)12-16-6-4-11-21(13-16)27-20-9-2-1-3-10-20/h1-14H,(H,25,26). The van der Waals surface area contributed by atoms with Gasteiger partial charge in [-0.2, -0.15) is 5.26 Å². The molecular formula is C22H15IN2O2. The van der Waals surface area contributed by atoms with Crippen LogP contribution in [0.25, 0.3) is 6.08 Å². The quantitative estimate of drug-likeness (QED) is 0.301. The molecule has 0 fully saturated rings. The summed E-state index contributed by atoms with van der Waals surface area (Å²) in [7, 11) is 0. The molecule has 0 aromatic heterocycles. The van der Waals surface area contributed by atoms with Crippen molar-refractivity contribution in [1.82, 2.24) is 0 Å². The molecule has 0 aliphatic carbocycles. The number of anilines is 1. The number of carbonyl (C=O) groups excluding carboxylic acids is 1. The molecule has 0 heterocycles. The zero-order chi connectivity index (χ0) is 19.1. The number of benzene rings is 3. The van der Waals surface area contributed by atoms with Gasteiger partial charge < -0.3 is 10.1 Å². The van der Waals surface area contributed by atoms with E-state index in [1.807, 2.05) is 72.8 Å². The number of ether oxygens (including phenoxy) is 1. The van der Waals surface area contributed by atoms with Gasteiger partial charge in [-0.05, 0) is 76.7 Å². The number of nitrogens with one attached hydrogen (secondary N) is 1. The van der Waals surface area contributed by atoms with Gasteiger partial charge in [-0.1, -0.05) is 36.4 Å². The van der Waals surface area contributed by atoms with E-state index >= 15 is 0 Å². The highest BCUT2D eigenvalue weighted by molar-refractivity contribution is 14.1. The summed E-state index contributed by atoms with van der Waals surface area (Å²) in [6.07, 6.45) is 1.54. The van der Waals surface area contributed by atoms with Gasteiger partial charge >= 0.3 is 0 Å². The Morgan fingerprint density at radius 1 is 0.963 bits per heavy atom. The molecule has 0 saturated heterocycles. The van der Waals surface area contributed by atoms with Crippen molar-refractivity contribution in [3.8, 4) is 17.6 Å². The number of para-hydroxylation sites is 1. The molecule has 132 valence electrons. The number of carbonyl (C=O) groups is 1. The summed E-state index contributed by atoms with van der Waals surface area (Å²) >= 11 is 2.17. The van der Waals surface area contributed by atoms with E-state index in [1.165, 1.54) is 0 Å². The normalized spacial score (nSPS) is 10.7. The second-order valence-corrected chi connectivity index (χ2v) is 6.87. The number of nitrogens with zero attached hydrogens (tertiary/aromatic N) is 1. The van der Waals surface area contributed by atoms with E-state index in [2.05, 4.69) is 27.9 Å². The smallest absolute Gasteiger partial charge is 0.266 e. The molecule has 0 atom stereocenters. The Morgan fingerprint density at radius 3 is 2.44 bits per heavy atom. The third-order valence-corrected chi connectivity index (χ3v) is 4.27. The predicted molar refractivity (Wildman–Crippen MR) is 114 cm³/mol. The Kier molecular flexibility index (Phi) is 6.23. The van der Waals surface area contributed by atoms with Gasteiger partial charge in [0.1, 0.15) is 23.1 Å². The van der Waals surface area contributed by atoms with Crippen molar-refractivity contribution >= 4 is 40.3 Å². The molecule has 0 aliphatic heterocycles. The molecule has 0 spiro atoms. The minimum absolute atomic E-state index is 0.0192. The first-order valence-corrected chi connectivity index (χ1v) is 9.23. The van der Waals surface area contributed by atoms with Gasteiger partial charge in [0.2, 0.25) is 0 Å². The second kappa shape index (κ2) is 9.01. The maximum Gasteiger partial charge on any atom is 0.266 e. The van der Waals surface area contributed by atoms with Crippen molar-refractivity contribution in [2.24, 2.45) is 0 Å². The lowest BCUT2D eigenvalue weighted by Gasteiger charge is -2.07. The van der Waals surface area contributed by atoms with Crippen molar-refractivity contribution in [3.63, 3.8) is 0 Å². The van der Waals surface area contributed by atoms with Crippen LogP contribution >= 0.6 is 22.6 Å². The maximum atomic E-state index is 12.4. The van der Waals surface area contributed by atoms with Gasteiger partial charge in [-0.3, -0.25) is 4.79 Å². The van der Waals surface area contributed by atoms with Gasteiger partial charge in [-0.25, -0.2) is 0 Å². The number of hydrogen-bond acceptors (Lipinski definition) is 3. The van der Waals surface area contributed by atoms with Crippen molar-refractivity contribution in [3.05, 3.63) is 93.6 Å². The highest BCUT2D eigenvalue weighted by Gasteiger charge is 2.10. The van der Waals surface area contributed by atoms with Crippen LogP contribution in [0.5, 0.6) is 11.5 Å². The van der Waals surface area contributed by atoms with Gasteiger partial charge in [0, 0.05) is 9.26 Å². The van der Waals surface area contributed by atoms with Crippen molar-refractivity contribution < 1.29 is 9.53 Å². The molecule has 0 bridgehead atoms. The zero-order valence-electron chi connectivity index (χ0n) is 14.2. The predicted octanol–water partition coefficient (Wildman–Crippen LogP) is 5.63. The second-order valence-electron chi connectivity index (χ2n) is 5.62. The lowest BCUT2D eigenvalue weighted by Crippen LogP contribution is -2.13. The summed E-state index contributed by atoms with van der Waals surface area (Å²) in [4.78, 5) is 12.4. The summed E-state index contributed by atoms with van der Waals surface area (Å²) in [6.45, 7) is 0. The molecule has 1 amide bonds. The van der Waals surface area contributed by atoms with Crippen molar-refractivity contribution in [2.75, 3.05) is 5.32 Å². The van der Waals surface area contributed by atoms with Crippen molar-refractivity contribution in [2.45, 2.75) is 0 Å². The summed E-state index contributed by atoms with van der Waals surface area (Å²) in [5, 5.41) is 12.1. The van der Waals surface area contributed by atoms with E-state index in [1.54, 1.807) is 18.2 Å². The van der Waals surface area contributed by atoms with E-state index in [4.69, 9.17) is 4.74 Å². The van der Waals surface area contributed by atoms with E-state index in [-0.39, 0.29) is 5.57 Å². The fourth-order valence-electron chi connectivity index (χ4n) is 2.37. The number of halogens is 1. The molecule has 3 aromatic carbocycles. The van der Waals surface area contributed by atoms with Gasteiger partial charge in [0.25, 0.3) is 5.91 Å². The van der Waals surface area contributed by atoms with E-state index in [0.717, 1.165) is 9.32 Å². The Balaban J connectivity index is 1.78. The summed E-state index contributed by atoms with van der Waals surface area (Å²) < 4.78 is 6.79. The molecule has 0 aliphatic rings. The van der Waals surface area contributed by atoms with Crippen LogP contribution in [0.4, 0.5) is 5.69 Å². The topological polar surface area (TPSA) is 62.1 Å². The third-order valence-electron chi connectivity index (χ3n) is 3.60. The van der Waals surface area contributed by atoms with E-state index < -0.39 is 5.91 Å². The van der Waals surface area contributed by atoms with Crippen LogP contribution in [0.15, 0.2) is 84.4 Å². The van der Waals surface area contributed by atoms with Crippen molar-refractivity contribution in [1.29, 1.82) is 5.26 Å². The lowest BCUT2D eigenvalue weighted by atomic mass is 10.1. The third kappa shape index (κ3) is 5.43. The van der Waals surface area contributed by atoms with Crippen LogP contribution in [-0.2, 0) is 4.79 Å². The fraction of sp³-hybridized carbons (Fsp3) is 0. The first-order chi connectivity index (χ1) is 13.1. The maximum absolute atomic E-state index is 12.4. The van der Waals surface area contributed by atoms with Crippen LogP contribution in [0.3, 0.4) is 0 Å². The average molecular weight is 466 g/mol. The number of nitriles is 1. The van der Waals surface area contributed by atoms with Gasteiger partial charge in [0.05, 0.1) is 0 Å². The van der Waals surface area contributed by atoms with Crippen LogP contribution in [0.2, 0.25) is 0 Å². The SMILES string of the molecule is N#CC(=Cc1cccc(Oc2ccccc2)c1)C(=O)Nc1cccc(I)c1. The Labute approximate surface area is 171 Å². The lowest BCUT2D eigenvalue weighted by molar-refractivity contribution is -0.112.